The van der Waals surface area contributed by atoms with Crippen LogP contribution in [0.4, 0.5) is 14.5 Å². The molecule has 2 aromatic rings. The van der Waals surface area contributed by atoms with Gasteiger partial charge in [0.2, 0.25) is 0 Å². The molecule has 0 saturated carbocycles. The van der Waals surface area contributed by atoms with Gasteiger partial charge in [-0.2, -0.15) is 0 Å². The summed E-state index contributed by atoms with van der Waals surface area (Å²) in [6.07, 6.45) is 0. The predicted octanol–water partition coefficient (Wildman–Crippen LogP) is 3.37. The number of para-hydroxylation sites is 1. The Morgan fingerprint density at radius 2 is 1.77 bits per heavy atom. The zero-order chi connectivity index (χ0) is 18.5. The SMILES string of the molecule is CC(=O)c1ccc(N2CCN(CCOc3ccccc3F)CC2)c(F)c1. The molecule has 1 saturated heterocycles. The van der Waals surface area contributed by atoms with E-state index in [2.05, 4.69) is 4.90 Å². The molecule has 0 aliphatic carbocycles. The Labute approximate surface area is 152 Å². The molecule has 0 radical (unpaired) electrons. The molecule has 0 bridgehead atoms. The van der Waals surface area contributed by atoms with Crippen molar-refractivity contribution in [1.29, 1.82) is 0 Å². The van der Waals surface area contributed by atoms with Crippen molar-refractivity contribution in [2.24, 2.45) is 0 Å². The molecule has 0 spiro atoms. The molecular weight excluding hydrogens is 338 g/mol. The molecule has 1 heterocycles. The van der Waals surface area contributed by atoms with Crippen molar-refractivity contribution in [1.82, 2.24) is 4.90 Å². The minimum absolute atomic E-state index is 0.143. The molecular formula is C20H22F2N2O2. The Morgan fingerprint density at radius 3 is 2.42 bits per heavy atom. The van der Waals surface area contributed by atoms with Crippen molar-refractivity contribution in [3.63, 3.8) is 0 Å². The lowest BCUT2D eigenvalue weighted by atomic mass is 10.1. The zero-order valence-electron chi connectivity index (χ0n) is 14.8. The Bertz CT molecular complexity index is 774. The number of benzene rings is 2. The number of piperazine rings is 1. The number of carbonyl (C=O) groups is 1. The van der Waals surface area contributed by atoms with Crippen LogP contribution in [0, 0.1) is 11.6 Å². The molecule has 0 N–H and O–H groups in total. The molecule has 0 atom stereocenters. The molecule has 4 nitrogen and oxygen atoms in total. The fourth-order valence-corrected chi connectivity index (χ4v) is 3.04. The molecule has 1 aliphatic heterocycles. The van der Waals surface area contributed by atoms with Crippen LogP contribution >= 0.6 is 0 Å². The Balaban J connectivity index is 1.48. The second kappa shape index (κ2) is 8.27. The lowest BCUT2D eigenvalue weighted by Gasteiger charge is -2.36. The maximum atomic E-state index is 14.3. The Hall–Kier alpha value is -2.47. The number of hydrogen-bond donors (Lipinski definition) is 0. The maximum absolute atomic E-state index is 14.3. The summed E-state index contributed by atoms with van der Waals surface area (Å²) in [5.74, 6) is -0.607. The van der Waals surface area contributed by atoms with Crippen molar-refractivity contribution < 1.29 is 18.3 Å². The van der Waals surface area contributed by atoms with Gasteiger partial charge in [0.15, 0.2) is 17.3 Å². The standard InChI is InChI=1S/C20H22F2N2O2/c1-15(25)16-6-7-19(18(22)14-16)24-10-8-23(9-11-24)12-13-26-20-5-3-2-4-17(20)21/h2-7,14H,8-13H2,1H3. The van der Waals surface area contributed by atoms with Crippen LogP contribution in [0.1, 0.15) is 17.3 Å². The summed E-state index contributed by atoms with van der Waals surface area (Å²) < 4.78 is 33.2. The highest BCUT2D eigenvalue weighted by Crippen LogP contribution is 2.22. The number of hydrogen-bond acceptors (Lipinski definition) is 4. The van der Waals surface area contributed by atoms with E-state index in [1.54, 1.807) is 30.3 Å². The molecule has 0 aromatic heterocycles. The number of ketones is 1. The van der Waals surface area contributed by atoms with Crippen LogP contribution in [-0.2, 0) is 0 Å². The lowest BCUT2D eigenvalue weighted by molar-refractivity contribution is 0.101. The molecule has 138 valence electrons. The lowest BCUT2D eigenvalue weighted by Crippen LogP contribution is -2.47. The summed E-state index contributed by atoms with van der Waals surface area (Å²) >= 11 is 0. The predicted molar refractivity (Wildman–Crippen MR) is 97.0 cm³/mol. The first kappa shape index (κ1) is 18.3. The second-order valence-electron chi connectivity index (χ2n) is 6.33. The third-order valence-electron chi connectivity index (χ3n) is 4.57. The van der Waals surface area contributed by atoms with Gasteiger partial charge in [-0.1, -0.05) is 12.1 Å². The fourth-order valence-electron chi connectivity index (χ4n) is 3.04. The maximum Gasteiger partial charge on any atom is 0.165 e. The summed E-state index contributed by atoms with van der Waals surface area (Å²) in [6.45, 7) is 5.45. The highest BCUT2D eigenvalue weighted by atomic mass is 19.1. The monoisotopic (exact) mass is 360 g/mol. The van der Waals surface area contributed by atoms with Gasteiger partial charge >= 0.3 is 0 Å². The summed E-state index contributed by atoms with van der Waals surface area (Å²) in [6, 6.07) is 11.0. The number of ether oxygens (including phenoxy) is 1. The molecule has 0 unspecified atom stereocenters. The summed E-state index contributed by atoms with van der Waals surface area (Å²) in [4.78, 5) is 15.5. The minimum Gasteiger partial charge on any atom is -0.489 e. The van der Waals surface area contributed by atoms with Gasteiger partial charge in [-0.3, -0.25) is 9.69 Å². The van der Waals surface area contributed by atoms with Crippen LogP contribution in [0.5, 0.6) is 5.75 Å². The largest absolute Gasteiger partial charge is 0.489 e. The van der Waals surface area contributed by atoms with E-state index in [0.717, 1.165) is 13.1 Å². The van der Waals surface area contributed by atoms with E-state index in [1.165, 1.54) is 19.1 Å². The molecule has 26 heavy (non-hydrogen) atoms. The van der Waals surface area contributed by atoms with Crippen LogP contribution < -0.4 is 9.64 Å². The van der Waals surface area contributed by atoms with E-state index in [4.69, 9.17) is 4.74 Å². The fraction of sp³-hybridized carbons (Fsp3) is 0.350. The van der Waals surface area contributed by atoms with Gasteiger partial charge in [0.05, 0.1) is 5.69 Å². The highest BCUT2D eigenvalue weighted by Gasteiger charge is 2.20. The second-order valence-corrected chi connectivity index (χ2v) is 6.33. The molecule has 1 fully saturated rings. The quantitative estimate of drug-likeness (QED) is 0.740. The Kier molecular flexibility index (Phi) is 5.83. The van der Waals surface area contributed by atoms with Crippen molar-refractivity contribution >= 4 is 11.5 Å². The number of rotatable bonds is 6. The van der Waals surface area contributed by atoms with Gasteiger partial charge in [-0.05, 0) is 37.3 Å². The average molecular weight is 360 g/mol. The minimum atomic E-state index is -0.367. The van der Waals surface area contributed by atoms with Gasteiger partial charge in [0.1, 0.15) is 12.4 Å². The first-order chi connectivity index (χ1) is 12.5. The molecule has 2 aromatic carbocycles. The summed E-state index contributed by atoms with van der Waals surface area (Å²) in [5, 5.41) is 0. The molecule has 0 amide bonds. The topological polar surface area (TPSA) is 32.8 Å². The Morgan fingerprint density at radius 1 is 1.04 bits per heavy atom. The number of anilines is 1. The summed E-state index contributed by atoms with van der Waals surface area (Å²) in [5.41, 5.74) is 0.910. The van der Waals surface area contributed by atoms with E-state index < -0.39 is 0 Å². The molecule has 6 heteroatoms. The first-order valence-corrected chi connectivity index (χ1v) is 8.70. The van der Waals surface area contributed by atoms with Gasteiger partial charge in [-0.15, -0.1) is 0 Å². The van der Waals surface area contributed by atoms with Gasteiger partial charge in [0.25, 0.3) is 0 Å². The molecule has 1 aliphatic rings. The van der Waals surface area contributed by atoms with E-state index in [0.29, 0.717) is 37.5 Å². The summed E-state index contributed by atoms with van der Waals surface area (Å²) in [7, 11) is 0. The molecule has 3 rings (SSSR count). The van der Waals surface area contributed by atoms with E-state index >= 15 is 0 Å². The van der Waals surface area contributed by atoms with Crippen LogP contribution in [0.2, 0.25) is 0 Å². The number of Topliss-reactive ketones (excluding diaryl/α,β-unsaturated/α-hetero) is 1. The zero-order valence-corrected chi connectivity index (χ0v) is 14.8. The van der Waals surface area contributed by atoms with Crippen LogP contribution in [-0.4, -0.2) is 50.0 Å². The smallest absolute Gasteiger partial charge is 0.165 e. The van der Waals surface area contributed by atoms with Crippen molar-refractivity contribution in [2.45, 2.75) is 6.92 Å². The highest BCUT2D eigenvalue weighted by molar-refractivity contribution is 5.94. The van der Waals surface area contributed by atoms with Crippen molar-refractivity contribution in [3.8, 4) is 5.75 Å². The third-order valence-corrected chi connectivity index (χ3v) is 4.57. The number of halogens is 2. The normalized spacial score (nSPS) is 15.1. The van der Waals surface area contributed by atoms with Crippen molar-refractivity contribution in [3.05, 3.63) is 59.7 Å². The van der Waals surface area contributed by atoms with E-state index in [9.17, 15) is 13.6 Å². The van der Waals surface area contributed by atoms with Gasteiger partial charge in [0, 0.05) is 38.3 Å². The van der Waals surface area contributed by atoms with Crippen LogP contribution in [0.15, 0.2) is 42.5 Å². The average Bonchev–Trinajstić information content (AvgIpc) is 2.64. The first-order valence-electron chi connectivity index (χ1n) is 8.70. The van der Waals surface area contributed by atoms with E-state index in [-0.39, 0.29) is 23.2 Å². The number of nitrogens with zero attached hydrogens (tertiary/aromatic N) is 2. The number of carbonyl (C=O) groups excluding carboxylic acids is 1. The van der Waals surface area contributed by atoms with Gasteiger partial charge < -0.3 is 9.64 Å². The van der Waals surface area contributed by atoms with Crippen LogP contribution in [0.25, 0.3) is 0 Å². The van der Waals surface area contributed by atoms with Crippen LogP contribution in [0.3, 0.4) is 0 Å². The van der Waals surface area contributed by atoms with Crippen molar-refractivity contribution in [2.75, 3.05) is 44.2 Å². The van der Waals surface area contributed by atoms with E-state index in [1.807, 2.05) is 4.90 Å². The van der Waals surface area contributed by atoms with Gasteiger partial charge in [-0.25, -0.2) is 8.78 Å². The third kappa shape index (κ3) is 4.38.